The van der Waals surface area contributed by atoms with Gasteiger partial charge in [-0.05, 0) is 47.2 Å². The number of tetrazole rings is 1. The standard InChI is InChI=1S/C18H19BrN4O3S/c1-4-26-15-8-6-5-7-14(15)23-18(20-21-22-23)27-11-12-9-16(24-2)17(25-3)10-13(12)19/h5-10H,4,11H2,1-3H3. The van der Waals surface area contributed by atoms with Crippen LogP contribution in [0.5, 0.6) is 17.2 Å². The Balaban J connectivity index is 1.85. The summed E-state index contributed by atoms with van der Waals surface area (Å²) in [6, 6.07) is 11.5. The fraction of sp³-hybridized carbons (Fsp3) is 0.278. The lowest BCUT2D eigenvalue weighted by Crippen LogP contribution is -2.03. The summed E-state index contributed by atoms with van der Waals surface area (Å²) in [6.45, 7) is 2.51. The molecular formula is C18H19BrN4O3S. The third-order valence-corrected chi connectivity index (χ3v) is 5.45. The van der Waals surface area contributed by atoms with Crippen molar-refractivity contribution < 1.29 is 14.2 Å². The Morgan fingerprint density at radius 3 is 2.56 bits per heavy atom. The molecule has 27 heavy (non-hydrogen) atoms. The van der Waals surface area contributed by atoms with Gasteiger partial charge in [0.05, 0.1) is 20.8 Å². The van der Waals surface area contributed by atoms with Gasteiger partial charge >= 0.3 is 0 Å². The summed E-state index contributed by atoms with van der Waals surface area (Å²) in [4.78, 5) is 0. The molecule has 1 aromatic heterocycles. The van der Waals surface area contributed by atoms with Crippen LogP contribution in [0.4, 0.5) is 0 Å². The second kappa shape index (κ2) is 9.09. The molecule has 3 rings (SSSR count). The summed E-state index contributed by atoms with van der Waals surface area (Å²) in [7, 11) is 3.23. The minimum absolute atomic E-state index is 0.570. The molecule has 0 N–H and O–H groups in total. The molecular weight excluding hydrogens is 432 g/mol. The van der Waals surface area contributed by atoms with E-state index in [4.69, 9.17) is 14.2 Å². The highest BCUT2D eigenvalue weighted by atomic mass is 79.9. The number of rotatable bonds is 8. The Morgan fingerprint density at radius 1 is 1.07 bits per heavy atom. The molecule has 1 heterocycles. The molecule has 0 atom stereocenters. The van der Waals surface area contributed by atoms with E-state index < -0.39 is 0 Å². The lowest BCUT2D eigenvalue weighted by Gasteiger charge is -2.12. The van der Waals surface area contributed by atoms with E-state index in [-0.39, 0.29) is 0 Å². The van der Waals surface area contributed by atoms with E-state index in [2.05, 4.69) is 31.5 Å². The van der Waals surface area contributed by atoms with Crippen molar-refractivity contribution in [1.29, 1.82) is 0 Å². The quantitative estimate of drug-likeness (QED) is 0.477. The van der Waals surface area contributed by atoms with E-state index in [0.29, 0.717) is 29.0 Å². The molecule has 0 bridgehead atoms. The highest BCUT2D eigenvalue weighted by Gasteiger charge is 2.15. The van der Waals surface area contributed by atoms with E-state index >= 15 is 0 Å². The second-order valence-corrected chi connectivity index (χ2v) is 7.16. The zero-order chi connectivity index (χ0) is 19.2. The average Bonchev–Trinajstić information content (AvgIpc) is 3.15. The predicted octanol–water partition coefficient (Wildman–Crippen LogP) is 4.13. The number of aromatic nitrogens is 4. The van der Waals surface area contributed by atoms with Crippen LogP contribution < -0.4 is 14.2 Å². The molecule has 0 fully saturated rings. The molecule has 9 heteroatoms. The Labute approximate surface area is 170 Å². The van der Waals surface area contributed by atoms with Crippen molar-refractivity contribution in [2.24, 2.45) is 0 Å². The van der Waals surface area contributed by atoms with Gasteiger partial charge in [-0.1, -0.05) is 39.8 Å². The van der Waals surface area contributed by atoms with E-state index in [1.807, 2.05) is 43.3 Å². The molecule has 0 unspecified atom stereocenters. The van der Waals surface area contributed by atoms with Gasteiger partial charge in [-0.25, -0.2) is 0 Å². The summed E-state index contributed by atoms with van der Waals surface area (Å²) in [5.74, 6) is 2.74. The van der Waals surface area contributed by atoms with Gasteiger partial charge in [-0.2, -0.15) is 4.68 Å². The van der Waals surface area contributed by atoms with Gasteiger partial charge < -0.3 is 14.2 Å². The normalized spacial score (nSPS) is 10.7. The van der Waals surface area contributed by atoms with Crippen molar-refractivity contribution in [2.75, 3.05) is 20.8 Å². The van der Waals surface area contributed by atoms with Crippen molar-refractivity contribution in [1.82, 2.24) is 20.2 Å². The molecule has 0 spiro atoms. The number of nitrogens with zero attached hydrogens (tertiary/aromatic N) is 4. The Hall–Kier alpha value is -2.26. The van der Waals surface area contributed by atoms with Crippen LogP contribution in [0.15, 0.2) is 46.0 Å². The summed E-state index contributed by atoms with van der Waals surface area (Å²) < 4.78 is 19.0. The second-order valence-electron chi connectivity index (χ2n) is 5.36. The number of para-hydroxylation sites is 2. The lowest BCUT2D eigenvalue weighted by atomic mass is 10.2. The van der Waals surface area contributed by atoms with E-state index in [1.165, 1.54) is 11.8 Å². The number of hydrogen-bond donors (Lipinski definition) is 0. The number of ether oxygens (including phenoxy) is 3. The van der Waals surface area contributed by atoms with Crippen molar-refractivity contribution in [3.05, 3.63) is 46.4 Å². The number of hydrogen-bond acceptors (Lipinski definition) is 7. The first kappa shape index (κ1) is 19.5. The van der Waals surface area contributed by atoms with Crippen molar-refractivity contribution in [3.63, 3.8) is 0 Å². The van der Waals surface area contributed by atoms with Crippen LogP contribution in [0.25, 0.3) is 5.69 Å². The van der Waals surface area contributed by atoms with Crippen LogP contribution in [0, 0.1) is 0 Å². The molecule has 142 valence electrons. The molecule has 2 aromatic carbocycles. The molecule has 0 aliphatic carbocycles. The third kappa shape index (κ3) is 4.36. The maximum atomic E-state index is 5.69. The molecule has 0 aliphatic heterocycles. The topological polar surface area (TPSA) is 71.3 Å². The van der Waals surface area contributed by atoms with Gasteiger partial charge in [0, 0.05) is 10.2 Å². The smallest absolute Gasteiger partial charge is 0.214 e. The van der Waals surface area contributed by atoms with Gasteiger partial charge in [0.1, 0.15) is 11.4 Å². The molecule has 0 amide bonds. The Bertz CT molecular complexity index is 919. The predicted molar refractivity (Wildman–Crippen MR) is 107 cm³/mol. The van der Waals surface area contributed by atoms with Crippen molar-refractivity contribution in [3.8, 4) is 22.9 Å². The lowest BCUT2D eigenvalue weighted by molar-refractivity contribution is 0.337. The minimum Gasteiger partial charge on any atom is -0.493 e. The maximum Gasteiger partial charge on any atom is 0.214 e. The van der Waals surface area contributed by atoms with Gasteiger partial charge in [-0.3, -0.25) is 0 Å². The molecule has 3 aromatic rings. The number of benzene rings is 2. The zero-order valence-electron chi connectivity index (χ0n) is 15.2. The maximum absolute atomic E-state index is 5.69. The fourth-order valence-corrected chi connectivity index (χ4v) is 4.00. The SMILES string of the molecule is CCOc1ccccc1-n1nnnc1SCc1cc(OC)c(OC)cc1Br. The first-order chi connectivity index (χ1) is 13.2. The minimum atomic E-state index is 0.570. The Kier molecular flexibility index (Phi) is 6.57. The number of halogens is 1. The molecule has 0 radical (unpaired) electrons. The van der Waals surface area contributed by atoms with Crippen molar-refractivity contribution >= 4 is 27.7 Å². The van der Waals surface area contributed by atoms with Crippen LogP contribution >= 0.6 is 27.7 Å². The van der Waals surface area contributed by atoms with Crippen LogP contribution in [0.2, 0.25) is 0 Å². The van der Waals surface area contributed by atoms with Crippen LogP contribution in [-0.2, 0) is 5.75 Å². The summed E-state index contributed by atoms with van der Waals surface area (Å²) in [5.41, 5.74) is 1.85. The summed E-state index contributed by atoms with van der Waals surface area (Å²) in [5, 5.41) is 12.8. The van der Waals surface area contributed by atoms with Crippen LogP contribution in [0.3, 0.4) is 0 Å². The van der Waals surface area contributed by atoms with Gasteiger partial charge in [0.2, 0.25) is 5.16 Å². The van der Waals surface area contributed by atoms with E-state index in [0.717, 1.165) is 21.5 Å². The highest BCUT2D eigenvalue weighted by molar-refractivity contribution is 9.10. The van der Waals surface area contributed by atoms with Crippen LogP contribution in [0.1, 0.15) is 12.5 Å². The summed E-state index contributed by atoms with van der Waals surface area (Å²) >= 11 is 5.10. The summed E-state index contributed by atoms with van der Waals surface area (Å²) in [6.07, 6.45) is 0. The van der Waals surface area contributed by atoms with E-state index in [1.54, 1.807) is 18.9 Å². The van der Waals surface area contributed by atoms with Gasteiger partial charge in [0.25, 0.3) is 0 Å². The van der Waals surface area contributed by atoms with Gasteiger partial charge in [-0.15, -0.1) is 5.10 Å². The monoisotopic (exact) mass is 450 g/mol. The third-order valence-electron chi connectivity index (χ3n) is 3.74. The number of thioether (sulfide) groups is 1. The van der Waals surface area contributed by atoms with Crippen LogP contribution in [-0.4, -0.2) is 41.0 Å². The highest BCUT2D eigenvalue weighted by Crippen LogP contribution is 2.36. The largest absolute Gasteiger partial charge is 0.493 e. The zero-order valence-corrected chi connectivity index (χ0v) is 17.6. The molecule has 0 saturated carbocycles. The molecule has 7 nitrogen and oxygen atoms in total. The fourth-order valence-electron chi connectivity index (χ4n) is 2.48. The van der Waals surface area contributed by atoms with E-state index in [9.17, 15) is 0 Å². The Morgan fingerprint density at radius 2 is 1.81 bits per heavy atom. The van der Waals surface area contributed by atoms with Crippen molar-refractivity contribution in [2.45, 2.75) is 17.8 Å². The molecule has 0 aliphatic rings. The average molecular weight is 451 g/mol. The first-order valence-corrected chi connectivity index (χ1v) is 9.99. The number of methoxy groups -OCH3 is 2. The van der Waals surface area contributed by atoms with Gasteiger partial charge in [0.15, 0.2) is 11.5 Å². The first-order valence-electron chi connectivity index (χ1n) is 8.21. The molecule has 0 saturated heterocycles.